The molecule has 0 bridgehead atoms. The van der Waals surface area contributed by atoms with Crippen LogP contribution in [0.1, 0.15) is 25.8 Å². The predicted octanol–water partition coefficient (Wildman–Crippen LogP) is 5.42. The molecule has 218 valence electrons. The minimum absolute atomic E-state index is 0.00699. The van der Waals surface area contributed by atoms with E-state index in [4.69, 9.17) is 14.2 Å². The van der Waals surface area contributed by atoms with Gasteiger partial charge in [-0.05, 0) is 50.6 Å². The topological polar surface area (TPSA) is 112 Å². The number of fused-ring (bicyclic) bond motifs is 2. The van der Waals surface area contributed by atoms with Crippen LogP contribution in [0, 0.1) is 6.92 Å². The van der Waals surface area contributed by atoms with Gasteiger partial charge in [-0.15, -0.1) is 0 Å². The fraction of sp³-hybridized carbons (Fsp3) is 0.345. The monoisotopic (exact) mass is 576 g/mol. The molecule has 42 heavy (non-hydrogen) atoms. The van der Waals surface area contributed by atoms with Gasteiger partial charge in [-0.1, -0.05) is 0 Å². The molecule has 0 aliphatic carbocycles. The van der Waals surface area contributed by atoms with Crippen LogP contribution in [-0.4, -0.2) is 72.7 Å². The van der Waals surface area contributed by atoms with Gasteiger partial charge in [-0.2, -0.15) is 5.10 Å². The van der Waals surface area contributed by atoms with Crippen molar-refractivity contribution >= 4 is 28.1 Å². The maximum absolute atomic E-state index is 15.3. The van der Waals surface area contributed by atoms with Crippen molar-refractivity contribution in [2.75, 3.05) is 25.5 Å². The third-order valence-electron chi connectivity index (χ3n) is 7.27. The van der Waals surface area contributed by atoms with Crippen LogP contribution in [0.3, 0.4) is 0 Å². The zero-order valence-electron chi connectivity index (χ0n) is 23.6. The van der Waals surface area contributed by atoms with E-state index in [1.807, 2.05) is 39.0 Å². The number of nitrogens with zero attached hydrogens (tertiary/aromatic N) is 7. The highest BCUT2D eigenvalue weighted by molar-refractivity contribution is 5.96. The van der Waals surface area contributed by atoms with Gasteiger partial charge in [0.15, 0.2) is 17.5 Å². The number of piperidine rings is 1. The number of rotatable bonds is 8. The number of alkyl halides is 2. The van der Waals surface area contributed by atoms with Gasteiger partial charge in [0.2, 0.25) is 0 Å². The zero-order valence-corrected chi connectivity index (χ0v) is 23.6. The molecule has 1 aliphatic heterocycles. The smallest absolute Gasteiger partial charge is 0.296 e. The molecule has 0 amide bonds. The quantitative estimate of drug-likeness (QED) is 0.257. The van der Waals surface area contributed by atoms with Crippen LogP contribution in [0.15, 0.2) is 55.4 Å². The van der Waals surface area contributed by atoms with Gasteiger partial charge in [0.05, 0.1) is 30.8 Å². The summed E-state index contributed by atoms with van der Waals surface area (Å²) < 4.78 is 49.7. The molecule has 5 aromatic rings. The van der Waals surface area contributed by atoms with Gasteiger partial charge in [0, 0.05) is 37.0 Å². The minimum Gasteiger partial charge on any atom is -0.478 e. The lowest BCUT2D eigenvalue weighted by atomic mass is 10.0. The molecule has 1 aromatic carbocycles. The van der Waals surface area contributed by atoms with Crippen molar-refractivity contribution in [3.63, 3.8) is 0 Å². The first-order valence-corrected chi connectivity index (χ1v) is 13.5. The van der Waals surface area contributed by atoms with Gasteiger partial charge in [-0.3, -0.25) is 4.90 Å². The molecular weight excluding hydrogens is 546 g/mol. The molecule has 11 nitrogen and oxygen atoms in total. The van der Waals surface area contributed by atoms with Crippen LogP contribution in [0.5, 0.6) is 23.1 Å². The number of nitrogens with one attached hydrogen (secondary N) is 1. The molecular formula is C29H30F2N8O3. The summed E-state index contributed by atoms with van der Waals surface area (Å²) in [6.45, 7) is 5.82. The number of methoxy groups -OCH3 is 1. The van der Waals surface area contributed by atoms with Gasteiger partial charge in [0.25, 0.3) is 11.8 Å². The lowest BCUT2D eigenvalue weighted by Crippen LogP contribution is -2.55. The standard InChI is InChI=1S/C29H30F2N8O3/c1-17(2)38-9-8-23(29(30,31)14-38)42-26-25-21(13-32-28(26)40-4)33-15-35-27(25)37-19-5-6-22(18(3)11-19)41-20-7-10-39-24(12-20)34-16-36-39/h5-7,10-13,15-17,23H,8-9,14H2,1-4H3,(H,33,35,37)/t23-/m1/s1. The molecule has 1 fully saturated rings. The van der Waals surface area contributed by atoms with Gasteiger partial charge < -0.3 is 19.5 Å². The summed E-state index contributed by atoms with van der Waals surface area (Å²) >= 11 is 0. The maximum atomic E-state index is 15.3. The Bertz CT molecular complexity index is 1750. The molecule has 1 aliphatic rings. The second-order valence-electron chi connectivity index (χ2n) is 10.4. The van der Waals surface area contributed by atoms with Crippen molar-refractivity contribution in [3.05, 3.63) is 60.9 Å². The molecule has 4 aromatic heterocycles. The van der Waals surface area contributed by atoms with Crippen molar-refractivity contribution in [2.45, 2.75) is 45.3 Å². The van der Waals surface area contributed by atoms with Crippen LogP contribution in [0.25, 0.3) is 16.6 Å². The summed E-state index contributed by atoms with van der Waals surface area (Å²) in [5, 5.41) is 7.77. The molecule has 1 saturated heterocycles. The minimum atomic E-state index is -3.08. The van der Waals surface area contributed by atoms with E-state index in [9.17, 15) is 0 Å². The molecule has 0 saturated carbocycles. The first-order valence-electron chi connectivity index (χ1n) is 13.5. The van der Waals surface area contributed by atoms with Crippen LogP contribution in [0.2, 0.25) is 0 Å². The van der Waals surface area contributed by atoms with E-state index >= 15 is 8.78 Å². The normalized spacial score (nSPS) is 17.1. The van der Waals surface area contributed by atoms with E-state index in [0.717, 1.165) is 5.56 Å². The predicted molar refractivity (Wildman–Crippen MR) is 152 cm³/mol. The van der Waals surface area contributed by atoms with Crippen LogP contribution in [0.4, 0.5) is 20.3 Å². The lowest BCUT2D eigenvalue weighted by Gasteiger charge is -2.40. The first-order chi connectivity index (χ1) is 20.2. The van der Waals surface area contributed by atoms with Crippen LogP contribution >= 0.6 is 0 Å². The maximum Gasteiger partial charge on any atom is 0.296 e. The Morgan fingerprint density at radius 3 is 2.69 bits per heavy atom. The molecule has 0 spiro atoms. The largest absolute Gasteiger partial charge is 0.478 e. The van der Waals surface area contributed by atoms with E-state index in [0.29, 0.717) is 46.1 Å². The average molecular weight is 577 g/mol. The first kappa shape index (κ1) is 27.5. The Balaban J connectivity index is 1.29. The average Bonchev–Trinajstić information content (AvgIpc) is 3.43. The van der Waals surface area contributed by atoms with E-state index in [1.54, 1.807) is 27.7 Å². The molecule has 5 heterocycles. The number of anilines is 2. The number of hydrogen-bond donors (Lipinski definition) is 1. The fourth-order valence-electron chi connectivity index (χ4n) is 5.00. The molecule has 0 unspecified atom stereocenters. The molecule has 0 radical (unpaired) electrons. The number of hydrogen-bond acceptors (Lipinski definition) is 10. The molecule has 13 heteroatoms. The number of likely N-dealkylation sites (tertiary alicyclic amines) is 1. The van der Waals surface area contributed by atoms with Gasteiger partial charge in [0.1, 0.15) is 30.0 Å². The van der Waals surface area contributed by atoms with Crippen LogP contribution in [-0.2, 0) is 0 Å². The summed E-state index contributed by atoms with van der Waals surface area (Å²) in [4.78, 5) is 18.9. The van der Waals surface area contributed by atoms with Crippen molar-refractivity contribution in [2.24, 2.45) is 0 Å². The Hall–Kier alpha value is -4.65. The van der Waals surface area contributed by atoms with Crippen LogP contribution < -0.4 is 19.5 Å². The highest BCUT2D eigenvalue weighted by Gasteiger charge is 2.47. The zero-order chi connectivity index (χ0) is 29.4. The second kappa shape index (κ2) is 11.0. The highest BCUT2D eigenvalue weighted by atomic mass is 19.3. The summed E-state index contributed by atoms with van der Waals surface area (Å²) in [7, 11) is 1.42. The summed E-state index contributed by atoms with van der Waals surface area (Å²) in [5.41, 5.74) is 2.65. The number of aryl methyl sites for hydroxylation is 1. The summed E-state index contributed by atoms with van der Waals surface area (Å²) in [6, 6.07) is 9.17. The van der Waals surface area contributed by atoms with E-state index < -0.39 is 18.6 Å². The summed E-state index contributed by atoms with van der Waals surface area (Å²) in [5.74, 6) is -1.29. The van der Waals surface area contributed by atoms with Crippen molar-refractivity contribution in [1.82, 2.24) is 34.4 Å². The van der Waals surface area contributed by atoms with E-state index in [1.165, 1.54) is 26.0 Å². The lowest BCUT2D eigenvalue weighted by molar-refractivity contribution is -0.144. The Morgan fingerprint density at radius 2 is 1.93 bits per heavy atom. The fourth-order valence-corrected chi connectivity index (χ4v) is 5.00. The van der Waals surface area contributed by atoms with E-state index in [-0.39, 0.29) is 24.1 Å². The Morgan fingerprint density at radius 1 is 1.07 bits per heavy atom. The second-order valence-corrected chi connectivity index (χ2v) is 10.4. The molecule has 1 atom stereocenters. The molecule has 1 N–H and O–H groups in total. The Labute approximate surface area is 240 Å². The third kappa shape index (κ3) is 5.34. The number of halogens is 2. The van der Waals surface area contributed by atoms with Gasteiger partial charge in [-0.25, -0.2) is 33.2 Å². The Kier molecular flexibility index (Phi) is 7.19. The number of pyridine rings is 2. The number of benzene rings is 1. The van der Waals surface area contributed by atoms with Gasteiger partial charge >= 0.3 is 0 Å². The number of ether oxygens (including phenoxy) is 3. The van der Waals surface area contributed by atoms with Crippen molar-refractivity contribution < 1.29 is 23.0 Å². The number of aromatic nitrogens is 6. The van der Waals surface area contributed by atoms with E-state index in [2.05, 4.69) is 30.4 Å². The van der Waals surface area contributed by atoms with Crippen molar-refractivity contribution in [1.29, 1.82) is 0 Å². The van der Waals surface area contributed by atoms with Crippen molar-refractivity contribution in [3.8, 4) is 23.1 Å². The molecule has 6 rings (SSSR count). The SMILES string of the molecule is COc1ncc2ncnc(Nc3ccc(Oc4ccn5ncnc5c4)c(C)c3)c2c1O[C@@H]1CCN(C(C)C)CC1(F)F. The summed E-state index contributed by atoms with van der Waals surface area (Å²) in [6.07, 6.45) is 4.91. The third-order valence-corrected chi connectivity index (χ3v) is 7.27. The highest BCUT2D eigenvalue weighted by Crippen LogP contribution is 2.41.